The van der Waals surface area contributed by atoms with Crippen molar-refractivity contribution in [1.82, 2.24) is 15.0 Å². The lowest BCUT2D eigenvalue weighted by Crippen LogP contribution is -1.97. The second-order valence-corrected chi connectivity index (χ2v) is 3.54. The Kier molecular flexibility index (Phi) is 27.0. The summed E-state index contributed by atoms with van der Waals surface area (Å²) >= 11 is 0. The molecule has 0 fully saturated rings. The van der Waals surface area contributed by atoms with Gasteiger partial charge in [-0.3, -0.25) is 9.48 Å². The van der Waals surface area contributed by atoms with E-state index in [0.29, 0.717) is 0 Å². The molecule has 1 aromatic heterocycles. The Balaban J connectivity index is -0.000000355. The Morgan fingerprint density at radius 3 is 2.10 bits per heavy atom. The molecular formula is C15H33N3O2. The summed E-state index contributed by atoms with van der Waals surface area (Å²) in [5.74, 6) is 0. The van der Waals surface area contributed by atoms with Crippen LogP contribution in [0.15, 0.2) is 6.20 Å². The number of rotatable bonds is 6. The zero-order chi connectivity index (χ0) is 16.2. The molecule has 5 heteroatoms. The van der Waals surface area contributed by atoms with Crippen LogP contribution in [-0.4, -0.2) is 26.6 Å². The Morgan fingerprint density at radius 1 is 1.15 bits per heavy atom. The molecule has 5 nitrogen and oxygen atoms in total. The molecule has 0 bridgehead atoms. The maximum absolute atomic E-state index is 8.36. The molecule has 0 aliphatic carbocycles. The van der Waals surface area contributed by atoms with Gasteiger partial charge in [-0.25, -0.2) is 0 Å². The second-order valence-electron chi connectivity index (χ2n) is 3.54. The van der Waals surface area contributed by atoms with Gasteiger partial charge in [0.05, 0.1) is 5.69 Å². The predicted octanol–water partition coefficient (Wildman–Crippen LogP) is 4.17. The molecule has 0 radical (unpaired) electrons. The molecule has 0 amide bonds. The Bertz CT molecular complexity index is 253. The minimum absolute atomic E-state index is 0.250. The minimum Gasteiger partial charge on any atom is -0.483 e. The van der Waals surface area contributed by atoms with Crippen LogP contribution >= 0.6 is 0 Å². The third kappa shape index (κ3) is 16.6. The van der Waals surface area contributed by atoms with E-state index in [9.17, 15) is 0 Å². The van der Waals surface area contributed by atoms with Gasteiger partial charge in [0, 0.05) is 12.7 Å². The zero-order valence-electron chi connectivity index (χ0n) is 14.1. The third-order valence-electron chi connectivity index (χ3n) is 2.11. The molecule has 120 valence electrons. The first-order chi connectivity index (χ1) is 9.78. The molecule has 1 heterocycles. The van der Waals surface area contributed by atoms with Crippen LogP contribution in [0, 0.1) is 0 Å². The minimum atomic E-state index is -0.250. The van der Waals surface area contributed by atoms with E-state index in [2.05, 4.69) is 30.4 Å². The molecule has 20 heavy (non-hydrogen) atoms. The normalized spacial score (nSPS) is 8.10. The van der Waals surface area contributed by atoms with Crippen LogP contribution in [-0.2, 0) is 17.8 Å². The van der Waals surface area contributed by atoms with Crippen LogP contribution in [0.3, 0.4) is 0 Å². The number of aryl methyl sites for hydroxylation is 2. The van der Waals surface area contributed by atoms with Gasteiger partial charge in [-0.1, -0.05) is 59.6 Å². The standard InChI is InChI=1S/C10H19N3.2C2H6.CH2O2/c1-3-5-7-10-9-13(12-11-10)8-6-4-2;2*1-2;2-1-3/h9H,3-8H2,1-2H3;2*1-2H3;1H,(H,2,3). The van der Waals surface area contributed by atoms with E-state index in [1.165, 1.54) is 25.7 Å². The summed E-state index contributed by atoms with van der Waals surface area (Å²) in [6.45, 7) is 13.1. The molecule has 0 spiro atoms. The molecule has 0 aliphatic rings. The van der Waals surface area contributed by atoms with Gasteiger partial charge in [0.1, 0.15) is 0 Å². The molecule has 1 rings (SSSR count). The number of hydrogen-bond acceptors (Lipinski definition) is 3. The quantitative estimate of drug-likeness (QED) is 0.797. The number of hydrogen-bond donors (Lipinski definition) is 1. The smallest absolute Gasteiger partial charge is 0.290 e. The first-order valence-electron chi connectivity index (χ1n) is 7.75. The van der Waals surface area contributed by atoms with Gasteiger partial charge in [-0.2, -0.15) is 0 Å². The topological polar surface area (TPSA) is 68.0 Å². The third-order valence-corrected chi connectivity index (χ3v) is 2.11. The van der Waals surface area contributed by atoms with Crippen molar-refractivity contribution in [2.45, 2.75) is 80.2 Å². The number of unbranched alkanes of at least 4 members (excludes halogenated alkanes) is 2. The molecular weight excluding hydrogens is 254 g/mol. The van der Waals surface area contributed by atoms with Crippen LogP contribution in [0.4, 0.5) is 0 Å². The highest BCUT2D eigenvalue weighted by atomic mass is 16.3. The molecule has 1 N–H and O–H groups in total. The van der Waals surface area contributed by atoms with Gasteiger partial charge in [0.25, 0.3) is 6.47 Å². The van der Waals surface area contributed by atoms with Gasteiger partial charge < -0.3 is 5.11 Å². The van der Waals surface area contributed by atoms with Gasteiger partial charge in [0.15, 0.2) is 0 Å². The number of carboxylic acid groups (broad SMARTS) is 1. The molecule has 0 aliphatic heterocycles. The van der Waals surface area contributed by atoms with Crippen molar-refractivity contribution in [3.05, 3.63) is 11.9 Å². The van der Waals surface area contributed by atoms with Crippen molar-refractivity contribution < 1.29 is 9.90 Å². The largest absolute Gasteiger partial charge is 0.483 e. The summed E-state index contributed by atoms with van der Waals surface area (Å²) in [7, 11) is 0. The Morgan fingerprint density at radius 2 is 1.65 bits per heavy atom. The summed E-state index contributed by atoms with van der Waals surface area (Å²) in [5.41, 5.74) is 1.14. The van der Waals surface area contributed by atoms with Gasteiger partial charge >= 0.3 is 0 Å². The fourth-order valence-electron chi connectivity index (χ4n) is 1.24. The van der Waals surface area contributed by atoms with Gasteiger partial charge in [-0.15, -0.1) is 5.10 Å². The van der Waals surface area contributed by atoms with Gasteiger partial charge in [0.2, 0.25) is 0 Å². The summed E-state index contributed by atoms with van der Waals surface area (Å²) in [6.07, 6.45) is 7.99. The second kappa shape index (κ2) is 22.8. The Labute approximate surface area is 124 Å². The lowest BCUT2D eigenvalue weighted by Gasteiger charge is -1.95. The van der Waals surface area contributed by atoms with Crippen molar-refractivity contribution in [1.29, 1.82) is 0 Å². The molecule has 0 atom stereocenters. The van der Waals surface area contributed by atoms with Gasteiger partial charge in [-0.05, 0) is 19.3 Å². The average Bonchev–Trinajstić information content (AvgIpc) is 2.96. The van der Waals surface area contributed by atoms with Crippen LogP contribution in [0.1, 0.15) is 72.9 Å². The van der Waals surface area contributed by atoms with Crippen LogP contribution in [0.5, 0.6) is 0 Å². The lowest BCUT2D eigenvalue weighted by atomic mass is 10.2. The zero-order valence-corrected chi connectivity index (χ0v) is 14.1. The number of aromatic nitrogens is 3. The highest BCUT2D eigenvalue weighted by Gasteiger charge is 1.98. The maximum Gasteiger partial charge on any atom is 0.290 e. The Hall–Kier alpha value is -1.39. The summed E-state index contributed by atoms with van der Waals surface area (Å²) in [5, 5.41) is 15.1. The lowest BCUT2D eigenvalue weighted by molar-refractivity contribution is -0.122. The summed E-state index contributed by atoms with van der Waals surface area (Å²) in [4.78, 5) is 8.36. The first-order valence-corrected chi connectivity index (χ1v) is 7.75. The molecule has 0 saturated heterocycles. The van der Waals surface area contributed by atoms with E-state index in [1.54, 1.807) is 0 Å². The van der Waals surface area contributed by atoms with Crippen molar-refractivity contribution in [3.8, 4) is 0 Å². The van der Waals surface area contributed by atoms with Crippen molar-refractivity contribution in [3.63, 3.8) is 0 Å². The highest BCUT2D eigenvalue weighted by molar-refractivity contribution is 5.32. The number of carbonyl (C=O) groups is 1. The van der Waals surface area contributed by atoms with E-state index in [1.807, 2.05) is 32.4 Å². The van der Waals surface area contributed by atoms with Crippen LogP contribution in [0.25, 0.3) is 0 Å². The molecule has 0 unspecified atom stereocenters. The first kappa shape index (κ1) is 23.7. The monoisotopic (exact) mass is 287 g/mol. The van der Waals surface area contributed by atoms with Crippen LogP contribution in [0.2, 0.25) is 0 Å². The number of nitrogens with zero attached hydrogens (tertiary/aromatic N) is 3. The van der Waals surface area contributed by atoms with E-state index in [-0.39, 0.29) is 6.47 Å². The predicted molar refractivity (Wildman–Crippen MR) is 84.9 cm³/mol. The average molecular weight is 287 g/mol. The van der Waals surface area contributed by atoms with Crippen molar-refractivity contribution >= 4 is 6.47 Å². The fraction of sp³-hybridized carbons (Fsp3) is 0.800. The summed E-state index contributed by atoms with van der Waals surface area (Å²) in [6, 6.07) is 0. The fourth-order valence-corrected chi connectivity index (χ4v) is 1.24. The van der Waals surface area contributed by atoms with Crippen LogP contribution < -0.4 is 0 Å². The SMILES string of the molecule is CC.CC.CCCCc1cn(CCCC)nn1.O=CO. The molecule has 0 aromatic carbocycles. The van der Waals surface area contributed by atoms with E-state index in [0.717, 1.165) is 18.7 Å². The van der Waals surface area contributed by atoms with E-state index >= 15 is 0 Å². The molecule has 0 saturated carbocycles. The van der Waals surface area contributed by atoms with E-state index < -0.39 is 0 Å². The van der Waals surface area contributed by atoms with Crippen molar-refractivity contribution in [2.24, 2.45) is 0 Å². The van der Waals surface area contributed by atoms with E-state index in [4.69, 9.17) is 9.90 Å². The van der Waals surface area contributed by atoms with Crippen molar-refractivity contribution in [2.75, 3.05) is 0 Å². The summed E-state index contributed by atoms with van der Waals surface area (Å²) < 4.78 is 1.95. The molecule has 1 aromatic rings. The maximum atomic E-state index is 8.36. The highest BCUT2D eigenvalue weighted by Crippen LogP contribution is 2.01.